The number of nitrogens with one attached hydrogen (secondary N) is 2. The van der Waals surface area contributed by atoms with Crippen molar-refractivity contribution < 1.29 is 9.53 Å². The third-order valence-corrected chi connectivity index (χ3v) is 4.90. The van der Waals surface area contributed by atoms with E-state index in [0.29, 0.717) is 18.9 Å². The molecule has 0 radical (unpaired) electrons. The number of piperidine rings is 1. The summed E-state index contributed by atoms with van der Waals surface area (Å²) < 4.78 is 5.47. The van der Waals surface area contributed by atoms with Crippen molar-refractivity contribution in [1.29, 1.82) is 0 Å². The normalized spacial score (nSPS) is 15.9. The maximum absolute atomic E-state index is 12.3. The van der Waals surface area contributed by atoms with Gasteiger partial charge in [0.2, 0.25) is 0 Å². The third kappa shape index (κ3) is 3.67. The van der Waals surface area contributed by atoms with Crippen molar-refractivity contribution in [1.82, 2.24) is 19.9 Å². The minimum Gasteiger partial charge on any atom is -0.444 e. The average molecular weight is 382 g/mol. The number of carbonyl (C=O) groups is 1. The van der Waals surface area contributed by atoms with Gasteiger partial charge in [0.05, 0.1) is 11.7 Å². The molecule has 0 atom stereocenters. The number of likely N-dealkylation sites (tertiary alicyclic amines) is 1. The van der Waals surface area contributed by atoms with Crippen LogP contribution in [0.1, 0.15) is 33.6 Å². The molecule has 4 N–H and O–H groups in total. The highest BCUT2D eigenvalue weighted by molar-refractivity contribution is 6.12. The highest BCUT2D eigenvalue weighted by atomic mass is 16.6. The number of fused-ring (bicyclic) bond motifs is 3. The molecule has 8 nitrogen and oxygen atoms in total. The lowest BCUT2D eigenvalue weighted by Crippen LogP contribution is -2.44. The maximum Gasteiger partial charge on any atom is 0.410 e. The summed E-state index contributed by atoms with van der Waals surface area (Å²) in [6, 6.07) is 4.12. The quantitative estimate of drug-likeness (QED) is 0.626. The summed E-state index contributed by atoms with van der Waals surface area (Å²) in [5.41, 5.74) is 8.13. The lowest BCUT2D eigenvalue weighted by atomic mass is 10.0. The number of nitrogen functional groups attached to an aromatic ring is 1. The first kappa shape index (κ1) is 18.3. The largest absolute Gasteiger partial charge is 0.444 e. The van der Waals surface area contributed by atoms with Gasteiger partial charge in [-0.2, -0.15) is 0 Å². The molecular formula is C20H26N6O2. The molecule has 1 aliphatic rings. The summed E-state index contributed by atoms with van der Waals surface area (Å²) in [4.78, 5) is 25.9. The minimum absolute atomic E-state index is 0.239. The first-order chi connectivity index (χ1) is 13.3. The van der Waals surface area contributed by atoms with Crippen molar-refractivity contribution in [2.75, 3.05) is 24.1 Å². The highest BCUT2D eigenvalue weighted by Gasteiger charge is 2.27. The number of amides is 1. The van der Waals surface area contributed by atoms with E-state index in [9.17, 15) is 4.79 Å². The van der Waals surface area contributed by atoms with Crippen LogP contribution in [0, 0.1) is 0 Å². The predicted molar refractivity (Wildman–Crippen MR) is 110 cm³/mol. The fourth-order valence-electron chi connectivity index (χ4n) is 3.61. The minimum atomic E-state index is -0.471. The van der Waals surface area contributed by atoms with Gasteiger partial charge in [0, 0.05) is 41.8 Å². The molecule has 28 heavy (non-hydrogen) atoms. The van der Waals surface area contributed by atoms with E-state index in [0.717, 1.165) is 40.5 Å². The fourth-order valence-corrected chi connectivity index (χ4v) is 3.61. The summed E-state index contributed by atoms with van der Waals surface area (Å²) in [6.45, 7) is 7.00. The van der Waals surface area contributed by atoms with Crippen molar-refractivity contribution >= 4 is 39.5 Å². The van der Waals surface area contributed by atoms with Crippen LogP contribution in [0.3, 0.4) is 0 Å². The van der Waals surface area contributed by atoms with Gasteiger partial charge >= 0.3 is 6.09 Å². The van der Waals surface area contributed by atoms with E-state index in [1.54, 1.807) is 17.3 Å². The Hall–Kier alpha value is -3.03. The number of nitrogens with zero attached hydrogens (tertiary/aromatic N) is 3. The van der Waals surface area contributed by atoms with Gasteiger partial charge in [0.25, 0.3) is 0 Å². The number of H-pyrrole nitrogens is 1. The third-order valence-electron chi connectivity index (χ3n) is 4.90. The molecule has 4 heterocycles. The number of aromatic nitrogens is 3. The summed E-state index contributed by atoms with van der Waals surface area (Å²) in [7, 11) is 0. The molecule has 1 fully saturated rings. The van der Waals surface area contributed by atoms with Gasteiger partial charge in [-0.1, -0.05) is 0 Å². The van der Waals surface area contributed by atoms with E-state index >= 15 is 0 Å². The van der Waals surface area contributed by atoms with Crippen LogP contribution in [0.5, 0.6) is 0 Å². The van der Waals surface area contributed by atoms with Crippen LogP contribution in [-0.4, -0.2) is 50.7 Å². The lowest BCUT2D eigenvalue weighted by molar-refractivity contribution is 0.0210. The van der Waals surface area contributed by atoms with Crippen LogP contribution in [0.4, 0.5) is 16.3 Å². The summed E-state index contributed by atoms with van der Waals surface area (Å²) in [5, 5.41) is 5.65. The van der Waals surface area contributed by atoms with E-state index in [-0.39, 0.29) is 12.1 Å². The van der Waals surface area contributed by atoms with E-state index in [1.165, 1.54) is 0 Å². The van der Waals surface area contributed by atoms with Crippen LogP contribution < -0.4 is 11.1 Å². The van der Waals surface area contributed by atoms with Gasteiger partial charge < -0.3 is 25.7 Å². The van der Waals surface area contributed by atoms with Gasteiger partial charge in [-0.25, -0.2) is 14.8 Å². The maximum atomic E-state index is 12.3. The Morgan fingerprint density at radius 3 is 2.79 bits per heavy atom. The summed E-state index contributed by atoms with van der Waals surface area (Å²) >= 11 is 0. The number of hydrogen-bond donors (Lipinski definition) is 3. The molecule has 0 unspecified atom stereocenters. The van der Waals surface area contributed by atoms with E-state index in [1.807, 2.05) is 32.9 Å². The number of pyridine rings is 2. The molecule has 3 aromatic rings. The number of nitrogens with two attached hydrogens (primary N) is 1. The Bertz CT molecular complexity index is 1010. The first-order valence-electron chi connectivity index (χ1n) is 9.56. The molecule has 148 valence electrons. The van der Waals surface area contributed by atoms with E-state index in [2.05, 4.69) is 20.3 Å². The summed E-state index contributed by atoms with van der Waals surface area (Å²) in [6.07, 6.45) is 4.99. The van der Waals surface area contributed by atoms with Crippen molar-refractivity contribution in [3.63, 3.8) is 0 Å². The number of carbonyl (C=O) groups excluding carboxylic acids is 1. The van der Waals surface area contributed by atoms with Crippen molar-refractivity contribution in [2.45, 2.75) is 45.3 Å². The molecule has 0 spiro atoms. The van der Waals surface area contributed by atoms with Crippen LogP contribution in [0.15, 0.2) is 24.5 Å². The number of hydrogen-bond acceptors (Lipinski definition) is 6. The van der Waals surface area contributed by atoms with Crippen molar-refractivity contribution in [3.8, 4) is 0 Å². The lowest BCUT2D eigenvalue weighted by Gasteiger charge is -2.34. The Morgan fingerprint density at radius 1 is 1.32 bits per heavy atom. The number of rotatable bonds is 2. The second-order valence-corrected chi connectivity index (χ2v) is 8.25. The number of aromatic amines is 1. The van der Waals surface area contributed by atoms with Gasteiger partial charge in [-0.15, -0.1) is 0 Å². The molecule has 1 aliphatic heterocycles. The Balaban J connectivity index is 1.50. The topological polar surface area (TPSA) is 109 Å². The second kappa shape index (κ2) is 6.85. The molecule has 0 bridgehead atoms. The SMILES string of the molecule is CC(C)(C)OC(=O)N1CCC(Nc2ccnc3[nH]c4cnc(N)cc4c23)CC1. The zero-order valence-electron chi connectivity index (χ0n) is 16.5. The Labute approximate surface area is 163 Å². The smallest absolute Gasteiger partial charge is 0.410 e. The van der Waals surface area contributed by atoms with Crippen LogP contribution in [0.2, 0.25) is 0 Å². The van der Waals surface area contributed by atoms with Crippen LogP contribution in [-0.2, 0) is 4.74 Å². The standard InChI is InChI=1S/C20H26N6O2/c1-20(2,3)28-19(27)26-8-5-12(6-9-26)24-14-4-7-22-18-17(14)13-10-16(21)23-11-15(13)25-18/h4,7,10-12H,5-6,8-9H2,1-3H3,(H2,21,23)(H2,22,24,25). The van der Waals surface area contributed by atoms with Crippen LogP contribution in [0.25, 0.3) is 21.9 Å². The van der Waals surface area contributed by atoms with Gasteiger partial charge in [0.1, 0.15) is 17.1 Å². The fraction of sp³-hybridized carbons (Fsp3) is 0.450. The predicted octanol–water partition coefficient (Wildman–Crippen LogP) is 3.50. The zero-order chi connectivity index (χ0) is 19.9. The average Bonchev–Trinajstić information content (AvgIpc) is 2.99. The van der Waals surface area contributed by atoms with Crippen LogP contribution >= 0.6 is 0 Å². The van der Waals surface area contributed by atoms with Crippen molar-refractivity contribution in [3.05, 3.63) is 24.5 Å². The van der Waals surface area contributed by atoms with Crippen molar-refractivity contribution in [2.24, 2.45) is 0 Å². The van der Waals surface area contributed by atoms with E-state index in [4.69, 9.17) is 10.5 Å². The molecule has 1 amide bonds. The first-order valence-corrected chi connectivity index (χ1v) is 9.56. The van der Waals surface area contributed by atoms with E-state index < -0.39 is 5.60 Å². The van der Waals surface area contributed by atoms with Gasteiger partial charge in [0.15, 0.2) is 0 Å². The van der Waals surface area contributed by atoms with Gasteiger partial charge in [-0.05, 0) is 45.7 Å². The molecule has 4 rings (SSSR count). The molecule has 1 saturated heterocycles. The molecule has 0 aliphatic carbocycles. The summed E-state index contributed by atoms with van der Waals surface area (Å²) in [5.74, 6) is 0.480. The molecule has 3 aromatic heterocycles. The molecule has 0 saturated carbocycles. The Morgan fingerprint density at radius 2 is 2.07 bits per heavy atom. The van der Waals surface area contributed by atoms with Gasteiger partial charge in [-0.3, -0.25) is 0 Å². The number of anilines is 2. The zero-order valence-corrected chi connectivity index (χ0v) is 16.5. The second-order valence-electron chi connectivity index (χ2n) is 8.25. The molecule has 8 heteroatoms. The highest BCUT2D eigenvalue weighted by Crippen LogP contribution is 2.32. The Kier molecular flexibility index (Phi) is 4.49. The number of ether oxygens (including phenoxy) is 1. The molecular weight excluding hydrogens is 356 g/mol. The molecule has 0 aromatic carbocycles. The monoisotopic (exact) mass is 382 g/mol.